The Labute approximate surface area is 84.5 Å². The van der Waals surface area contributed by atoms with Crippen LogP contribution in [0.25, 0.3) is 0 Å². The van der Waals surface area contributed by atoms with Crippen molar-refractivity contribution in [2.45, 2.75) is 6.61 Å². The minimum Gasteiger partial charge on any atom is -0.457 e. The highest BCUT2D eigenvalue weighted by molar-refractivity contribution is 6.15. The molecule has 14 heavy (non-hydrogen) atoms. The number of rotatable bonds is 1. The Kier molecular flexibility index (Phi) is 2.13. The first-order chi connectivity index (χ1) is 6.72. The van der Waals surface area contributed by atoms with Gasteiger partial charge in [0.05, 0.1) is 11.1 Å². The molecule has 0 unspecified atom stereocenters. The lowest BCUT2D eigenvalue weighted by atomic mass is 10.1. The molecule has 1 aromatic rings. The highest BCUT2D eigenvalue weighted by atomic mass is 35.5. The van der Waals surface area contributed by atoms with Crippen LogP contribution in [-0.4, -0.2) is 11.9 Å². The molecule has 0 spiro atoms. The Morgan fingerprint density at radius 1 is 1.50 bits per heavy atom. The summed E-state index contributed by atoms with van der Waals surface area (Å²) in [6.07, 6.45) is 0. The lowest BCUT2D eigenvalue weighted by Gasteiger charge is -1.97. The predicted octanol–water partition coefficient (Wildman–Crippen LogP) is 1.67. The van der Waals surface area contributed by atoms with E-state index in [0.717, 1.165) is 0 Å². The zero-order chi connectivity index (χ0) is 10.1. The highest BCUT2D eigenvalue weighted by Gasteiger charge is 2.22. The van der Waals surface area contributed by atoms with Gasteiger partial charge in [-0.25, -0.2) is 9.59 Å². The van der Waals surface area contributed by atoms with Crippen LogP contribution in [0.3, 0.4) is 0 Å². The summed E-state index contributed by atoms with van der Waals surface area (Å²) in [4.78, 5) is 22.1. The van der Waals surface area contributed by atoms with E-state index in [4.69, 9.17) is 16.6 Å². The number of cyclic esters (lactones) is 1. The molecule has 0 amide bonds. The lowest BCUT2D eigenvalue weighted by Crippen LogP contribution is -2.00. The maximum absolute atomic E-state index is 11.1. The Morgan fingerprint density at radius 2 is 2.29 bits per heavy atom. The van der Waals surface area contributed by atoms with Crippen LogP contribution >= 0.6 is 11.9 Å². The second-order valence-electron chi connectivity index (χ2n) is 2.81. The van der Waals surface area contributed by atoms with Gasteiger partial charge in [0.15, 0.2) is 0 Å². The van der Waals surface area contributed by atoms with Crippen LogP contribution in [0.1, 0.15) is 26.3 Å². The summed E-state index contributed by atoms with van der Waals surface area (Å²) in [5.74, 6) is -1.01. The van der Waals surface area contributed by atoms with Crippen molar-refractivity contribution < 1.29 is 18.6 Å². The molecular formula is C9H5ClO4. The van der Waals surface area contributed by atoms with E-state index in [1.54, 1.807) is 0 Å². The van der Waals surface area contributed by atoms with Gasteiger partial charge in [0.2, 0.25) is 0 Å². The maximum Gasteiger partial charge on any atom is 0.356 e. The molecule has 1 aliphatic heterocycles. The summed E-state index contributed by atoms with van der Waals surface area (Å²) in [6.45, 7) is 0.192. The zero-order valence-electron chi connectivity index (χ0n) is 6.95. The topological polar surface area (TPSA) is 52.6 Å². The van der Waals surface area contributed by atoms with Gasteiger partial charge in [-0.3, -0.25) is 0 Å². The largest absolute Gasteiger partial charge is 0.457 e. The number of esters is 1. The fraction of sp³-hybridized carbons (Fsp3) is 0.111. The van der Waals surface area contributed by atoms with Crippen molar-refractivity contribution >= 4 is 23.8 Å². The molecule has 0 atom stereocenters. The maximum atomic E-state index is 11.1. The van der Waals surface area contributed by atoms with Crippen molar-refractivity contribution in [3.63, 3.8) is 0 Å². The van der Waals surface area contributed by atoms with Crippen LogP contribution in [0, 0.1) is 0 Å². The minimum absolute atomic E-state index is 0.192. The molecule has 72 valence electrons. The molecule has 1 heterocycles. The van der Waals surface area contributed by atoms with Gasteiger partial charge in [0, 0.05) is 5.56 Å². The molecule has 0 saturated heterocycles. The van der Waals surface area contributed by atoms with Crippen LogP contribution in [-0.2, 0) is 15.6 Å². The van der Waals surface area contributed by atoms with Gasteiger partial charge in [0.1, 0.15) is 18.5 Å². The van der Waals surface area contributed by atoms with Gasteiger partial charge < -0.3 is 9.03 Å². The molecule has 1 aromatic carbocycles. The molecular weight excluding hydrogens is 208 g/mol. The normalized spacial score (nSPS) is 13.4. The van der Waals surface area contributed by atoms with Gasteiger partial charge in [-0.2, -0.15) is 0 Å². The summed E-state index contributed by atoms with van der Waals surface area (Å²) in [6, 6.07) is 4.52. The lowest BCUT2D eigenvalue weighted by molar-refractivity contribution is 0.0535. The number of hydrogen-bond acceptors (Lipinski definition) is 4. The van der Waals surface area contributed by atoms with Crippen molar-refractivity contribution in [3.8, 4) is 0 Å². The second-order valence-corrected chi connectivity index (χ2v) is 2.97. The highest BCUT2D eigenvalue weighted by Crippen LogP contribution is 2.21. The van der Waals surface area contributed by atoms with Gasteiger partial charge in [-0.05, 0) is 18.2 Å². The van der Waals surface area contributed by atoms with E-state index in [0.29, 0.717) is 16.7 Å². The standard InChI is InChI=1S/C9H5ClO4/c10-14-8(11)5-1-2-7-6(3-5)4-13-9(7)12/h1-3H,4H2. The fourth-order valence-electron chi connectivity index (χ4n) is 1.30. The van der Waals surface area contributed by atoms with E-state index in [1.165, 1.54) is 18.2 Å². The van der Waals surface area contributed by atoms with Crippen molar-refractivity contribution in [1.29, 1.82) is 0 Å². The molecule has 5 heteroatoms. The molecule has 1 aliphatic rings. The molecule has 0 fully saturated rings. The Balaban J connectivity index is 2.42. The smallest absolute Gasteiger partial charge is 0.356 e. The average molecular weight is 213 g/mol. The fourth-order valence-corrected chi connectivity index (χ4v) is 1.39. The SMILES string of the molecule is O=C(OCl)c1ccc2c(c1)COC2=O. The first-order valence-corrected chi connectivity index (χ1v) is 4.16. The molecule has 0 aromatic heterocycles. The number of benzene rings is 1. The van der Waals surface area contributed by atoms with Gasteiger partial charge in [-0.15, -0.1) is 0 Å². The molecule has 0 radical (unpaired) electrons. The number of halogens is 1. The molecule has 0 N–H and O–H groups in total. The van der Waals surface area contributed by atoms with Gasteiger partial charge in [-0.1, -0.05) is 0 Å². The Hall–Kier alpha value is -1.55. The minimum atomic E-state index is -0.645. The van der Waals surface area contributed by atoms with Crippen LogP contribution < -0.4 is 0 Å². The molecule has 2 rings (SSSR count). The third kappa shape index (κ3) is 1.33. The molecule has 0 saturated carbocycles. The second kappa shape index (κ2) is 3.31. The van der Waals surface area contributed by atoms with Crippen molar-refractivity contribution in [1.82, 2.24) is 0 Å². The molecule has 0 aliphatic carbocycles. The number of fused-ring (bicyclic) bond motifs is 1. The predicted molar refractivity (Wildman–Crippen MR) is 46.8 cm³/mol. The van der Waals surface area contributed by atoms with Crippen LogP contribution in [0.2, 0.25) is 0 Å². The van der Waals surface area contributed by atoms with Gasteiger partial charge in [0.25, 0.3) is 0 Å². The molecule has 4 nitrogen and oxygen atoms in total. The van der Waals surface area contributed by atoms with E-state index >= 15 is 0 Å². The number of hydrogen-bond donors (Lipinski definition) is 0. The monoisotopic (exact) mass is 212 g/mol. The van der Waals surface area contributed by atoms with E-state index in [1.807, 2.05) is 0 Å². The van der Waals surface area contributed by atoms with E-state index in [2.05, 4.69) is 4.29 Å². The quantitative estimate of drug-likeness (QED) is 0.665. The van der Waals surface area contributed by atoms with Crippen molar-refractivity contribution in [3.05, 3.63) is 34.9 Å². The summed E-state index contributed by atoms with van der Waals surface area (Å²) in [5.41, 5.74) is 1.46. The van der Waals surface area contributed by atoms with E-state index < -0.39 is 5.97 Å². The third-order valence-corrected chi connectivity index (χ3v) is 2.13. The van der Waals surface area contributed by atoms with Crippen LogP contribution in [0.5, 0.6) is 0 Å². The summed E-state index contributed by atoms with van der Waals surface area (Å²) < 4.78 is 8.80. The summed E-state index contributed by atoms with van der Waals surface area (Å²) in [7, 11) is 0. The summed E-state index contributed by atoms with van der Waals surface area (Å²) >= 11 is 4.92. The van der Waals surface area contributed by atoms with Gasteiger partial charge >= 0.3 is 11.9 Å². The number of carbonyl (C=O) groups excluding carboxylic acids is 2. The summed E-state index contributed by atoms with van der Waals surface area (Å²) in [5, 5.41) is 0. The zero-order valence-corrected chi connectivity index (χ0v) is 7.71. The Bertz CT molecular complexity index is 413. The number of carbonyl (C=O) groups is 2. The van der Waals surface area contributed by atoms with Crippen molar-refractivity contribution in [2.75, 3.05) is 0 Å². The third-order valence-electron chi connectivity index (χ3n) is 1.99. The molecule has 0 bridgehead atoms. The number of ether oxygens (including phenoxy) is 1. The van der Waals surface area contributed by atoms with E-state index in [-0.39, 0.29) is 12.6 Å². The first-order valence-electron chi connectivity index (χ1n) is 3.85. The average Bonchev–Trinajstić information content (AvgIpc) is 2.59. The van der Waals surface area contributed by atoms with Crippen LogP contribution in [0.15, 0.2) is 18.2 Å². The first kappa shape index (κ1) is 9.02. The van der Waals surface area contributed by atoms with Crippen molar-refractivity contribution in [2.24, 2.45) is 0 Å². The Morgan fingerprint density at radius 3 is 3.00 bits per heavy atom. The van der Waals surface area contributed by atoms with Crippen LogP contribution in [0.4, 0.5) is 0 Å². The van der Waals surface area contributed by atoms with E-state index in [9.17, 15) is 9.59 Å².